The molecule has 702 valence electrons. The maximum atomic E-state index is 13.0. The summed E-state index contributed by atoms with van der Waals surface area (Å²) >= 11 is 26.3. The summed E-state index contributed by atoms with van der Waals surface area (Å²) in [6.07, 6.45) is 9.13. The molecule has 34 nitrogen and oxygen atoms in total. The van der Waals surface area contributed by atoms with Crippen LogP contribution in [0.3, 0.4) is 0 Å². The highest BCUT2D eigenvalue weighted by atomic mass is 35.5. The second-order valence-electron chi connectivity index (χ2n) is 31.6. The van der Waals surface area contributed by atoms with Gasteiger partial charge < -0.3 is 67.6 Å². The first kappa shape index (κ1) is 103. The number of phenols is 2. The van der Waals surface area contributed by atoms with E-state index in [1.54, 1.807) is 12.1 Å². The van der Waals surface area contributed by atoms with Gasteiger partial charge in [-0.05, 0) is 105 Å². The number of thioether (sulfide) groups is 1. The number of fused-ring (bicyclic) bond motifs is 4. The number of halogens is 4. The lowest BCUT2D eigenvalue weighted by Gasteiger charge is -2.43. The second kappa shape index (κ2) is 45.9. The van der Waals surface area contributed by atoms with E-state index in [-0.39, 0.29) is 200 Å². The van der Waals surface area contributed by atoms with Crippen LogP contribution in [-0.2, 0) is 52.7 Å². The topological polar surface area (TPSA) is 461 Å². The summed E-state index contributed by atoms with van der Waals surface area (Å²) in [6.45, 7) is 20.8. The summed E-state index contributed by atoms with van der Waals surface area (Å²) in [4.78, 5) is 200. The number of unbranched alkanes of at least 4 members (excludes halogenated alkanes) is 3. The average molecular weight is 1910 g/mol. The zero-order valence-corrected chi connectivity index (χ0v) is 75.5. The molecule has 11 atom stereocenters. The van der Waals surface area contributed by atoms with Crippen LogP contribution in [0.5, 0.6) is 23.0 Å². The van der Waals surface area contributed by atoms with E-state index in [4.69, 9.17) is 87.9 Å². The monoisotopic (exact) mass is 1910 g/mol. The lowest BCUT2D eigenvalue weighted by Crippen LogP contribution is -2.46. The van der Waals surface area contributed by atoms with E-state index < -0.39 is 70.6 Å². The Morgan fingerprint density at radius 1 is 0.420 bits per heavy atom. The quantitative estimate of drug-likeness (QED) is 0.0173. The Morgan fingerprint density at radius 3 is 1.10 bits per heavy atom. The van der Waals surface area contributed by atoms with Crippen molar-refractivity contribution in [1.29, 1.82) is 0 Å². The van der Waals surface area contributed by atoms with Gasteiger partial charge in [0.1, 0.15) is 45.3 Å². The van der Waals surface area contributed by atoms with Crippen molar-refractivity contribution in [1.82, 2.24) is 35.7 Å². The average Bonchev–Trinajstić information content (AvgIpc) is 1.31. The van der Waals surface area contributed by atoms with Gasteiger partial charge in [-0.15, -0.1) is 16.8 Å². The molecular weight excluding hydrogens is 1810 g/mol. The molecule has 4 aromatic heterocycles. The van der Waals surface area contributed by atoms with E-state index in [0.29, 0.717) is 115 Å². The van der Waals surface area contributed by atoms with Gasteiger partial charge in [0, 0.05) is 165 Å². The number of rotatable bonds is 28. The number of hydroxylamine groups is 2. The van der Waals surface area contributed by atoms with Crippen LogP contribution in [0.2, 0.25) is 20.1 Å². The first-order valence-corrected chi connectivity index (χ1v) is 44.5. The van der Waals surface area contributed by atoms with E-state index in [1.165, 1.54) is 71.3 Å². The van der Waals surface area contributed by atoms with E-state index in [2.05, 4.69) is 71.3 Å². The molecule has 131 heavy (non-hydrogen) atoms. The maximum Gasteiger partial charge on any atom is 0.364 e. The first-order chi connectivity index (χ1) is 61.4. The molecule has 0 aliphatic carbocycles. The second-order valence-corrected chi connectivity index (χ2v) is 34.7. The Labute approximate surface area is 775 Å². The van der Waals surface area contributed by atoms with Crippen LogP contribution in [0, 0.1) is 35.5 Å². The number of likely N-dealkylation sites (tertiary alicyclic amines) is 1. The van der Waals surface area contributed by atoms with Gasteiger partial charge in [-0.2, -0.15) is 0 Å². The van der Waals surface area contributed by atoms with Crippen molar-refractivity contribution >= 4 is 173 Å². The number of carbonyl (C=O) groups excluding carboxylic acids is 12. The molecule has 6 aliphatic rings. The molecule has 4 fully saturated rings. The van der Waals surface area contributed by atoms with Crippen molar-refractivity contribution < 1.29 is 109 Å². The van der Waals surface area contributed by atoms with E-state index >= 15 is 0 Å². The molecule has 0 saturated carbocycles. The number of hydrogen-bond donors (Lipinski definition) is 5. The molecule has 14 rings (SSSR count). The SMILES string of the molecule is C.C.CCC1OC(Oc2cc3oc(=O)cc(C(=O)NCCCCN4C(=O)C=CC4=O)c3cc2Cl)C(C)C(C)C1C.CCSC1CC(=O)N(CCCCNC(=O)c2cc(=O)oc3cc(OC4OC(CC)C(C)C(C)C4C)c(Cl)cc23)C1=O.O=C(NCCCCN1C(=O)C=CC1=O)c1cc(=O)oc2cc(O)c(Cl)cc12.O=C(ON1C(=O)CCC1=O)c1cc(=O)oc2cc(O)c(Cl)cc12. The number of hydrogen-bond acceptors (Lipinski definition) is 28. The minimum absolute atomic E-state index is 0. The predicted molar refractivity (Wildman–Crippen MR) is 487 cm³/mol. The van der Waals surface area contributed by atoms with Gasteiger partial charge >= 0.3 is 28.5 Å². The highest BCUT2D eigenvalue weighted by molar-refractivity contribution is 8.00. The molecule has 8 aromatic rings. The number of nitrogens with zero attached hydrogens (tertiary/aromatic N) is 4. The summed E-state index contributed by atoms with van der Waals surface area (Å²) < 4.78 is 45.4. The Balaban J connectivity index is 0.000000200. The molecule has 0 bridgehead atoms. The summed E-state index contributed by atoms with van der Waals surface area (Å²) in [5, 5.41) is 29.1. The van der Waals surface area contributed by atoms with Crippen LogP contribution in [-0.4, -0.2) is 176 Å². The van der Waals surface area contributed by atoms with E-state index in [0.717, 1.165) is 58.7 Å². The first-order valence-electron chi connectivity index (χ1n) is 42.0. The van der Waals surface area contributed by atoms with Crippen molar-refractivity contribution in [3.05, 3.63) is 181 Å². The third-order valence-electron chi connectivity index (χ3n) is 23.3. The highest BCUT2D eigenvalue weighted by Crippen LogP contribution is 2.43. The summed E-state index contributed by atoms with van der Waals surface area (Å²) in [5.74, 6) is -2.83. The van der Waals surface area contributed by atoms with Crippen LogP contribution < -0.4 is 47.9 Å². The standard InChI is InChI=1S/C30H39ClN2O7S.C28H33ClN2O7.C18H15ClN2O6.C14H8ClNO7.2CH4/c1-6-22-17(4)16(3)18(5)30(39-22)40-24-14-23-19(12-21(24)31)20(13-27(35)38-23)28(36)32-10-8-9-11-33-26(34)15-25(29(33)37)41-7-2;1-5-21-16(3)15(2)17(4)28(37-21)38-23-14-22-18(12-20(23)29)19(13-26(34)36-22)27(35)30-10-6-7-11-31-24(32)8-9-25(31)33;19-12-7-10-11(8-17(25)27-14(10)9-13(12)22)18(26)20-5-1-2-6-21-15(23)3-4-16(21)24;15-8-3-6-7(4-13(20)22-10(6)5-9(8)17)14(21)23-16-11(18)1-2-12(16)19;;/h12-14,16-18,22,25,30H,6-11,15H2,1-5H3,(H,32,36);8-9,12-17,21,28H,5-7,10-11H2,1-4H3,(H,30,35);3-4,7-9,22H,1-2,5-6H2,(H,20,26);3-5,17H,1-2H2;2*1H4. The fourth-order valence-electron chi connectivity index (χ4n) is 15.4. The molecule has 0 radical (unpaired) electrons. The summed E-state index contributed by atoms with van der Waals surface area (Å²) in [6, 6.07) is 15.1. The number of nitrogens with one attached hydrogen (secondary N) is 3. The predicted octanol–water partition coefficient (Wildman–Crippen LogP) is 13.8. The molecule has 11 unspecified atom stereocenters. The van der Waals surface area contributed by atoms with Gasteiger partial charge in [-0.25, -0.2) is 24.0 Å². The molecule has 11 amide bonds. The molecule has 6 aliphatic heterocycles. The minimum Gasteiger partial charge on any atom is -0.506 e. The Bertz CT molecular complexity index is 5990. The maximum absolute atomic E-state index is 13.0. The van der Waals surface area contributed by atoms with Gasteiger partial charge in [0.2, 0.25) is 24.4 Å². The molecule has 5 N–H and O–H groups in total. The summed E-state index contributed by atoms with van der Waals surface area (Å²) in [5.41, 5.74) is -2.51. The van der Waals surface area contributed by atoms with Crippen LogP contribution in [0.1, 0.15) is 189 Å². The fraction of sp³-hybridized carbons (Fsp3) is 0.435. The number of ether oxygens (including phenoxy) is 4. The number of aromatic hydroxyl groups is 2. The zero-order chi connectivity index (χ0) is 93.7. The van der Waals surface area contributed by atoms with Crippen LogP contribution >= 0.6 is 58.2 Å². The van der Waals surface area contributed by atoms with Gasteiger partial charge in [0.25, 0.3) is 53.2 Å². The van der Waals surface area contributed by atoms with Crippen molar-refractivity contribution in [2.24, 2.45) is 35.5 Å². The molecule has 39 heteroatoms. The summed E-state index contributed by atoms with van der Waals surface area (Å²) in [7, 11) is 0. The van der Waals surface area contributed by atoms with Gasteiger partial charge in [0.05, 0.1) is 59.8 Å². The number of phenolic OH excluding ortho intramolecular Hbond substituents is 2. The lowest BCUT2D eigenvalue weighted by molar-refractivity contribution is -0.212. The Kier molecular flexibility index (Phi) is 36.1. The minimum atomic E-state index is -1.09. The normalized spacial score (nSPS) is 21.0. The third kappa shape index (κ3) is 24.7. The molecule has 0 spiro atoms. The zero-order valence-electron chi connectivity index (χ0n) is 71.6. The Hall–Kier alpha value is -11.7. The number of amides is 11. The van der Waals surface area contributed by atoms with Gasteiger partial charge in [-0.3, -0.25) is 67.4 Å². The number of imide groups is 4. The van der Waals surface area contributed by atoms with Crippen molar-refractivity contribution in [3.8, 4) is 23.0 Å². The van der Waals surface area contributed by atoms with Crippen LogP contribution in [0.4, 0.5) is 0 Å². The van der Waals surface area contributed by atoms with Crippen molar-refractivity contribution in [2.75, 3.05) is 45.0 Å². The fourth-order valence-corrected chi connectivity index (χ4v) is 17.1. The third-order valence-corrected chi connectivity index (χ3v) is 25.6. The van der Waals surface area contributed by atoms with E-state index in [1.807, 2.05) is 6.92 Å². The van der Waals surface area contributed by atoms with Crippen molar-refractivity contribution in [3.63, 3.8) is 0 Å². The van der Waals surface area contributed by atoms with Crippen LogP contribution in [0.15, 0.2) is 134 Å². The number of carbonyl (C=O) groups is 12. The molecule has 10 heterocycles. The largest absolute Gasteiger partial charge is 0.506 e. The van der Waals surface area contributed by atoms with Gasteiger partial charge in [0.15, 0.2) is 0 Å². The van der Waals surface area contributed by atoms with E-state index in [9.17, 15) is 86.9 Å². The van der Waals surface area contributed by atoms with Crippen molar-refractivity contribution in [2.45, 2.75) is 178 Å². The van der Waals surface area contributed by atoms with Gasteiger partial charge in [-0.1, -0.05) is 124 Å². The number of benzene rings is 4. The molecule has 4 saturated heterocycles. The molecule has 4 aromatic carbocycles. The lowest BCUT2D eigenvalue weighted by atomic mass is 9.78. The smallest absolute Gasteiger partial charge is 0.364 e. The molecular formula is C92H103Cl4N7O27S. The highest BCUT2D eigenvalue weighted by Gasteiger charge is 2.43. The Morgan fingerprint density at radius 2 is 0.748 bits per heavy atom. The van der Waals surface area contributed by atoms with Crippen LogP contribution in [0.25, 0.3) is 43.9 Å².